The van der Waals surface area contributed by atoms with Gasteiger partial charge in [0, 0.05) is 14.7 Å². The molecule has 1 aromatic heterocycles. The fourth-order valence-corrected chi connectivity index (χ4v) is 2.94. The van der Waals surface area contributed by atoms with Crippen LogP contribution < -0.4 is 5.56 Å². The highest BCUT2D eigenvalue weighted by molar-refractivity contribution is 6.76. The minimum absolute atomic E-state index is 0.00511. The standard InChI is InChI=1S/C16H21FN2O4Si/c1-24(2,3)7-6-23-10-19-9-18-12-5-4-11(8-13(20)21)15(17)14(12)16(19)22/h4-5,9H,6-8,10H2,1-3H3,(H,20,21). The summed E-state index contributed by atoms with van der Waals surface area (Å²) in [6.07, 6.45) is 0.832. The van der Waals surface area contributed by atoms with Gasteiger partial charge in [-0.05, 0) is 17.7 Å². The van der Waals surface area contributed by atoms with Crippen LogP contribution in [0.4, 0.5) is 4.39 Å². The Bertz CT molecular complexity index is 814. The van der Waals surface area contributed by atoms with Crippen LogP contribution in [0, 0.1) is 5.82 Å². The van der Waals surface area contributed by atoms with Crippen molar-refractivity contribution in [2.75, 3.05) is 6.61 Å². The molecule has 0 saturated carbocycles. The summed E-state index contributed by atoms with van der Waals surface area (Å²) in [5, 5.41) is 8.61. The van der Waals surface area contributed by atoms with Gasteiger partial charge < -0.3 is 9.84 Å². The SMILES string of the molecule is C[Si](C)(C)CCOCn1cnc2ccc(CC(=O)O)c(F)c2c1=O. The van der Waals surface area contributed by atoms with Crippen LogP contribution in [0.25, 0.3) is 10.9 Å². The number of halogens is 1. The van der Waals surface area contributed by atoms with Gasteiger partial charge in [0.05, 0.1) is 11.9 Å². The summed E-state index contributed by atoms with van der Waals surface area (Å²) in [6.45, 7) is 7.19. The summed E-state index contributed by atoms with van der Waals surface area (Å²) in [5.41, 5.74) is -0.408. The highest BCUT2D eigenvalue weighted by atomic mass is 28.3. The molecule has 2 rings (SSSR count). The minimum atomic E-state index is -1.23. The van der Waals surface area contributed by atoms with E-state index in [1.54, 1.807) is 0 Å². The van der Waals surface area contributed by atoms with Gasteiger partial charge in [0.2, 0.25) is 0 Å². The number of carboxylic acids is 1. The van der Waals surface area contributed by atoms with Crippen LogP contribution in [0.3, 0.4) is 0 Å². The zero-order chi connectivity index (χ0) is 17.9. The molecule has 0 unspecified atom stereocenters. The molecule has 0 bridgehead atoms. The lowest BCUT2D eigenvalue weighted by atomic mass is 10.1. The molecule has 0 aliphatic rings. The molecule has 0 amide bonds. The summed E-state index contributed by atoms with van der Waals surface area (Å²) in [7, 11) is -1.23. The van der Waals surface area contributed by atoms with Gasteiger partial charge in [-0.3, -0.25) is 14.2 Å². The first-order valence-electron chi connectivity index (χ1n) is 7.65. The van der Waals surface area contributed by atoms with Gasteiger partial charge in [-0.1, -0.05) is 25.7 Å². The number of ether oxygens (including phenoxy) is 1. The fraction of sp³-hybridized carbons (Fsp3) is 0.438. The minimum Gasteiger partial charge on any atom is -0.481 e. The molecule has 0 aliphatic heterocycles. The van der Waals surface area contributed by atoms with Crippen LogP contribution in [0.15, 0.2) is 23.3 Å². The predicted molar refractivity (Wildman–Crippen MR) is 91.4 cm³/mol. The summed E-state index contributed by atoms with van der Waals surface area (Å²) >= 11 is 0. The Kier molecular flexibility index (Phi) is 5.50. The molecule has 0 atom stereocenters. The molecular formula is C16H21FN2O4Si. The Labute approximate surface area is 139 Å². The maximum atomic E-state index is 14.5. The highest BCUT2D eigenvalue weighted by Gasteiger charge is 2.16. The lowest BCUT2D eigenvalue weighted by Gasteiger charge is -2.15. The smallest absolute Gasteiger partial charge is 0.307 e. The maximum absolute atomic E-state index is 14.5. The van der Waals surface area contributed by atoms with Crippen molar-refractivity contribution >= 4 is 24.9 Å². The predicted octanol–water partition coefficient (Wildman–Crippen LogP) is 2.47. The molecule has 24 heavy (non-hydrogen) atoms. The van der Waals surface area contributed by atoms with Gasteiger partial charge in [-0.2, -0.15) is 0 Å². The maximum Gasteiger partial charge on any atom is 0.307 e. The number of hydrogen-bond donors (Lipinski definition) is 1. The Morgan fingerprint density at radius 3 is 2.71 bits per heavy atom. The molecule has 6 nitrogen and oxygen atoms in total. The molecule has 0 fully saturated rings. The molecular weight excluding hydrogens is 331 g/mol. The average molecular weight is 352 g/mol. The highest BCUT2D eigenvalue weighted by Crippen LogP contribution is 2.17. The monoisotopic (exact) mass is 352 g/mol. The zero-order valence-corrected chi connectivity index (χ0v) is 15.0. The second-order valence-electron chi connectivity index (χ2n) is 6.87. The molecule has 1 aromatic carbocycles. The van der Waals surface area contributed by atoms with Gasteiger partial charge in [-0.15, -0.1) is 0 Å². The topological polar surface area (TPSA) is 81.4 Å². The molecule has 1 N–H and O–H groups in total. The van der Waals surface area contributed by atoms with Gasteiger partial charge >= 0.3 is 5.97 Å². The van der Waals surface area contributed by atoms with Crippen LogP contribution in [0.2, 0.25) is 25.7 Å². The molecule has 0 aliphatic carbocycles. The van der Waals surface area contributed by atoms with E-state index in [2.05, 4.69) is 24.6 Å². The van der Waals surface area contributed by atoms with Crippen LogP contribution in [-0.4, -0.2) is 35.3 Å². The number of benzene rings is 1. The van der Waals surface area contributed by atoms with Gasteiger partial charge in [-0.25, -0.2) is 9.37 Å². The third kappa shape index (κ3) is 4.48. The zero-order valence-electron chi connectivity index (χ0n) is 14.0. The first kappa shape index (κ1) is 18.3. The van der Waals surface area contributed by atoms with Crippen molar-refractivity contribution in [2.45, 2.75) is 38.8 Å². The van der Waals surface area contributed by atoms with Crippen molar-refractivity contribution in [3.8, 4) is 0 Å². The average Bonchev–Trinajstić information content (AvgIpc) is 2.47. The summed E-state index contributed by atoms with van der Waals surface area (Å²) in [5.74, 6) is -1.99. The largest absolute Gasteiger partial charge is 0.481 e. The van der Waals surface area contributed by atoms with Crippen molar-refractivity contribution in [3.63, 3.8) is 0 Å². The number of carbonyl (C=O) groups is 1. The van der Waals surface area contributed by atoms with Crippen LogP contribution in [0.5, 0.6) is 0 Å². The Hall–Kier alpha value is -2.06. The quantitative estimate of drug-likeness (QED) is 0.611. The second kappa shape index (κ2) is 7.23. The van der Waals surface area contributed by atoms with Crippen molar-refractivity contribution < 1.29 is 19.0 Å². The summed E-state index contributed by atoms with van der Waals surface area (Å²) in [6, 6.07) is 3.75. The van der Waals surface area contributed by atoms with Crippen molar-refractivity contribution in [1.29, 1.82) is 0 Å². The van der Waals surface area contributed by atoms with Crippen molar-refractivity contribution in [1.82, 2.24) is 9.55 Å². The first-order valence-corrected chi connectivity index (χ1v) is 11.4. The van der Waals surface area contributed by atoms with E-state index in [0.717, 1.165) is 6.04 Å². The Morgan fingerprint density at radius 2 is 2.08 bits per heavy atom. The molecule has 8 heteroatoms. The third-order valence-corrected chi connectivity index (χ3v) is 5.28. The van der Waals surface area contributed by atoms with E-state index in [4.69, 9.17) is 9.84 Å². The van der Waals surface area contributed by atoms with Gasteiger partial charge in [0.1, 0.15) is 24.3 Å². The Balaban J connectivity index is 2.27. The molecule has 1 heterocycles. The number of fused-ring (bicyclic) bond motifs is 1. The summed E-state index contributed by atoms with van der Waals surface area (Å²) in [4.78, 5) is 27.3. The number of aliphatic carboxylic acids is 1. The number of nitrogens with zero attached hydrogens (tertiary/aromatic N) is 2. The molecule has 0 spiro atoms. The number of carboxylic acid groups (broad SMARTS) is 1. The molecule has 0 saturated heterocycles. The van der Waals surface area contributed by atoms with Crippen molar-refractivity contribution in [2.24, 2.45) is 0 Å². The number of hydrogen-bond acceptors (Lipinski definition) is 4. The number of rotatable bonds is 7. The lowest BCUT2D eigenvalue weighted by molar-refractivity contribution is -0.136. The van der Waals surface area contributed by atoms with Crippen LogP contribution >= 0.6 is 0 Å². The molecule has 2 aromatic rings. The van der Waals surface area contributed by atoms with Crippen LogP contribution in [-0.2, 0) is 22.7 Å². The second-order valence-corrected chi connectivity index (χ2v) is 12.5. The Morgan fingerprint density at radius 1 is 1.38 bits per heavy atom. The van der Waals surface area contributed by atoms with E-state index < -0.39 is 31.8 Å². The number of aromatic nitrogens is 2. The third-order valence-electron chi connectivity index (χ3n) is 3.58. The molecule has 130 valence electrons. The summed E-state index contributed by atoms with van der Waals surface area (Å²) < 4.78 is 21.2. The van der Waals surface area contributed by atoms with Gasteiger partial charge in [0.25, 0.3) is 5.56 Å². The van der Waals surface area contributed by atoms with E-state index in [0.29, 0.717) is 6.61 Å². The van der Waals surface area contributed by atoms with Crippen molar-refractivity contribution in [3.05, 3.63) is 40.2 Å². The van der Waals surface area contributed by atoms with E-state index in [1.807, 2.05) is 0 Å². The van der Waals surface area contributed by atoms with E-state index in [-0.39, 0.29) is 23.2 Å². The van der Waals surface area contributed by atoms with E-state index in [9.17, 15) is 14.0 Å². The van der Waals surface area contributed by atoms with Gasteiger partial charge in [0.15, 0.2) is 0 Å². The lowest BCUT2D eigenvalue weighted by Crippen LogP contribution is -2.25. The fourth-order valence-electron chi connectivity index (χ4n) is 2.18. The van der Waals surface area contributed by atoms with E-state index in [1.165, 1.54) is 23.0 Å². The van der Waals surface area contributed by atoms with E-state index >= 15 is 0 Å². The molecule has 0 radical (unpaired) electrons. The first-order chi connectivity index (χ1) is 11.2. The normalized spacial score (nSPS) is 11.8. The van der Waals surface area contributed by atoms with Crippen LogP contribution in [0.1, 0.15) is 5.56 Å².